The van der Waals surface area contributed by atoms with E-state index in [1.165, 1.54) is 0 Å². The van der Waals surface area contributed by atoms with E-state index in [0.29, 0.717) is 16.8 Å². The van der Waals surface area contributed by atoms with Gasteiger partial charge in [0.1, 0.15) is 18.2 Å². The first-order valence-electron chi connectivity index (χ1n) is 8.18. The van der Waals surface area contributed by atoms with Crippen molar-refractivity contribution in [2.75, 3.05) is 18.0 Å². The van der Waals surface area contributed by atoms with Gasteiger partial charge in [-0.25, -0.2) is 15.0 Å². The lowest BCUT2D eigenvalue weighted by atomic mass is 10.1. The molecule has 1 aliphatic rings. The molecule has 1 aliphatic heterocycles. The van der Waals surface area contributed by atoms with Crippen LogP contribution in [0.1, 0.15) is 24.1 Å². The van der Waals surface area contributed by atoms with Gasteiger partial charge in [0.25, 0.3) is 5.78 Å². The van der Waals surface area contributed by atoms with Gasteiger partial charge in [0.05, 0.1) is 17.4 Å². The van der Waals surface area contributed by atoms with Gasteiger partial charge in [-0.3, -0.25) is 0 Å². The third-order valence-electron chi connectivity index (χ3n) is 4.49. The molecule has 3 aromatic heterocycles. The standard InChI is InChI=1S/C16H18ClN7O/c1-10-11(2)22-15-20-9-21-24(15)14(10)23-5-3-13(4-6-23)25-16-18-7-12(17)8-19-16/h7-9,13H,3-6H2,1-2H3. The van der Waals surface area contributed by atoms with Crippen LogP contribution in [0.2, 0.25) is 5.02 Å². The first-order valence-corrected chi connectivity index (χ1v) is 8.55. The number of aryl methyl sites for hydroxylation is 1. The summed E-state index contributed by atoms with van der Waals surface area (Å²) in [4.78, 5) is 19.2. The van der Waals surface area contributed by atoms with Gasteiger partial charge >= 0.3 is 6.01 Å². The summed E-state index contributed by atoms with van der Waals surface area (Å²) in [6.45, 7) is 5.79. The highest BCUT2D eigenvalue weighted by Crippen LogP contribution is 2.26. The maximum atomic E-state index is 5.87. The zero-order chi connectivity index (χ0) is 17.4. The fourth-order valence-corrected chi connectivity index (χ4v) is 3.18. The molecule has 4 heterocycles. The van der Waals surface area contributed by atoms with Crippen LogP contribution >= 0.6 is 11.6 Å². The zero-order valence-electron chi connectivity index (χ0n) is 14.1. The van der Waals surface area contributed by atoms with Gasteiger partial charge in [0, 0.05) is 37.2 Å². The zero-order valence-corrected chi connectivity index (χ0v) is 14.8. The van der Waals surface area contributed by atoms with Gasteiger partial charge < -0.3 is 9.64 Å². The summed E-state index contributed by atoms with van der Waals surface area (Å²) >= 11 is 5.80. The molecule has 0 saturated carbocycles. The molecule has 1 saturated heterocycles. The molecule has 0 amide bonds. The number of piperidine rings is 1. The van der Waals surface area contributed by atoms with Crippen LogP contribution in [0, 0.1) is 13.8 Å². The number of halogens is 1. The average Bonchev–Trinajstić information content (AvgIpc) is 3.07. The maximum Gasteiger partial charge on any atom is 0.316 e. The van der Waals surface area contributed by atoms with Gasteiger partial charge in [-0.2, -0.15) is 14.6 Å². The van der Waals surface area contributed by atoms with Crippen LogP contribution in [-0.4, -0.2) is 48.7 Å². The van der Waals surface area contributed by atoms with Crippen molar-refractivity contribution in [3.63, 3.8) is 0 Å². The van der Waals surface area contributed by atoms with Gasteiger partial charge in [-0.15, -0.1) is 0 Å². The van der Waals surface area contributed by atoms with Crippen molar-refractivity contribution in [3.8, 4) is 6.01 Å². The predicted octanol–water partition coefficient (Wildman–Crippen LogP) is 2.23. The van der Waals surface area contributed by atoms with Crippen LogP contribution in [0.5, 0.6) is 6.01 Å². The molecule has 8 nitrogen and oxygen atoms in total. The fraction of sp³-hybridized carbons (Fsp3) is 0.438. The van der Waals surface area contributed by atoms with E-state index in [1.54, 1.807) is 18.7 Å². The summed E-state index contributed by atoms with van der Waals surface area (Å²) in [5, 5.41) is 4.83. The molecule has 0 atom stereocenters. The van der Waals surface area contributed by atoms with E-state index < -0.39 is 0 Å². The Bertz CT molecular complexity index is 887. The highest BCUT2D eigenvalue weighted by Gasteiger charge is 2.25. The Labute approximate surface area is 149 Å². The minimum absolute atomic E-state index is 0.0897. The summed E-state index contributed by atoms with van der Waals surface area (Å²) in [6.07, 6.45) is 6.48. The second-order valence-electron chi connectivity index (χ2n) is 6.11. The number of nitrogens with zero attached hydrogens (tertiary/aromatic N) is 7. The van der Waals surface area contributed by atoms with Crippen molar-refractivity contribution in [1.82, 2.24) is 29.5 Å². The molecule has 130 valence electrons. The van der Waals surface area contributed by atoms with Crippen molar-refractivity contribution in [1.29, 1.82) is 0 Å². The third kappa shape index (κ3) is 3.09. The molecule has 0 radical (unpaired) electrons. The van der Waals surface area contributed by atoms with E-state index >= 15 is 0 Å². The van der Waals surface area contributed by atoms with E-state index in [9.17, 15) is 0 Å². The van der Waals surface area contributed by atoms with Gasteiger partial charge in [0.2, 0.25) is 0 Å². The monoisotopic (exact) mass is 359 g/mol. The van der Waals surface area contributed by atoms with Gasteiger partial charge in [-0.1, -0.05) is 11.6 Å². The summed E-state index contributed by atoms with van der Waals surface area (Å²) in [6, 6.07) is 0.373. The number of fused-ring (bicyclic) bond motifs is 1. The van der Waals surface area contributed by atoms with E-state index in [4.69, 9.17) is 16.3 Å². The van der Waals surface area contributed by atoms with E-state index in [0.717, 1.165) is 43.0 Å². The molecular weight excluding hydrogens is 342 g/mol. The van der Waals surface area contributed by atoms with Crippen molar-refractivity contribution in [2.45, 2.75) is 32.8 Å². The van der Waals surface area contributed by atoms with Crippen LogP contribution in [0.4, 0.5) is 5.82 Å². The average molecular weight is 360 g/mol. The maximum absolute atomic E-state index is 5.87. The summed E-state index contributed by atoms with van der Waals surface area (Å²) in [5.74, 6) is 1.69. The molecule has 9 heteroatoms. The molecule has 3 aromatic rings. The van der Waals surface area contributed by atoms with Crippen molar-refractivity contribution < 1.29 is 4.74 Å². The van der Waals surface area contributed by atoms with Crippen LogP contribution < -0.4 is 9.64 Å². The Morgan fingerprint density at radius 1 is 1.12 bits per heavy atom. The molecule has 4 rings (SSSR count). The molecule has 25 heavy (non-hydrogen) atoms. The summed E-state index contributed by atoms with van der Waals surface area (Å²) < 4.78 is 7.68. The molecule has 0 aliphatic carbocycles. The first kappa shape index (κ1) is 16.0. The SMILES string of the molecule is Cc1nc2ncnn2c(N2CCC(Oc3ncc(Cl)cn3)CC2)c1C. The van der Waals surface area contributed by atoms with Crippen LogP contribution in [0.3, 0.4) is 0 Å². The van der Waals surface area contributed by atoms with E-state index in [2.05, 4.69) is 36.9 Å². The lowest BCUT2D eigenvalue weighted by Gasteiger charge is -2.34. The number of rotatable bonds is 3. The third-order valence-corrected chi connectivity index (χ3v) is 4.68. The van der Waals surface area contributed by atoms with Crippen molar-refractivity contribution in [3.05, 3.63) is 35.0 Å². The Kier molecular flexibility index (Phi) is 4.12. The predicted molar refractivity (Wildman–Crippen MR) is 93.2 cm³/mol. The Hall–Kier alpha value is -2.48. The second kappa shape index (κ2) is 6.44. The van der Waals surface area contributed by atoms with Crippen molar-refractivity contribution in [2.24, 2.45) is 0 Å². The Morgan fingerprint density at radius 3 is 2.56 bits per heavy atom. The molecule has 0 spiro atoms. The van der Waals surface area contributed by atoms with Crippen LogP contribution in [0.25, 0.3) is 5.78 Å². The molecule has 0 N–H and O–H groups in total. The molecule has 0 aromatic carbocycles. The first-order chi connectivity index (χ1) is 12.1. The van der Waals surface area contributed by atoms with Gasteiger partial charge in [-0.05, 0) is 13.8 Å². The van der Waals surface area contributed by atoms with Crippen LogP contribution in [0.15, 0.2) is 18.7 Å². The minimum Gasteiger partial charge on any atom is -0.460 e. The quantitative estimate of drug-likeness (QED) is 0.709. The van der Waals surface area contributed by atoms with Gasteiger partial charge in [0.15, 0.2) is 0 Å². The van der Waals surface area contributed by atoms with E-state index in [1.807, 2.05) is 11.4 Å². The smallest absolute Gasteiger partial charge is 0.316 e. The minimum atomic E-state index is 0.0897. The Morgan fingerprint density at radius 2 is 1.84 bits per heavy atom. The largest absolute Gasteiger partial charge is 0.460 e. The second-order valence-corrected chi connectivity index (χ2v) is 6.54. The lowest BCUT2D eigenvalue weighted by molar-refractivity contribution is 0.156. The number of aromatic nitrogens is 6. The summed E-state index contributed by atoms with van der Waals surface area (Å²) in [5.41, 5.74) is 2.10. The fourth-order valence-electron chi connectivity index (χ4n) is 3.08. The topological polar surface area (TPSA) is 81.3 Å². The molecule has 1 fully saturated rings. The summed E-state index contributed by atoms with van der Waals surface area (Å²) in [7, 11) is 0. The van der Waals surface area contributed by atoms with Crippen molar-refractivity contribution >= 4 is 23.2 Å². The number of hydrogen-bond donors (Lipinski definition) is 0. The van der Waals surface area contributed by atoms with Crippen LogP contribution in [-0.2, 0) is 0 Å². The molecule has 0 unspecified atom stereocenters. The highest BCUT2D eigenvalue weighted by atomic mass is 35.5. The molecular formula is C16H18ClN7O. The van der Waals surface area contributed by atoms with E-state index in [-0.39, 0.29) is 6.10 Å². The number of anilines is 1. The Balaban J connectivity index is 1.50. The highest BCUT2D eigenvalue weighted by molar-refractivity contribution is 6.30. The normalized spacial score (nSPS) is 15.7. The lowest BCUT2D eigenvalue weighted by Crippen LogP contribution is -2.40. The number of hydrogen-bond acceptors (Lipinski definition) is 7. The number of ether oxygens (including phenoxy) is 1. The molecule has 0 bridgehead atoms.